The van der Waals surface area contributed by atoms with E-state index in [1.54, 1.807) is 6.20 Å². The van der Waals surface area contributed by atoms with E-state index in [0.717, 1.165) is 28.3 Å². The number of anilines is 1. The number of imidazole rings is 1. The van der Waals surface area contributed by atoms with Gasteiger partial charge in [0, 0.05) is 51.0 Å². The normalized spacial score (nSPS) is 14.3. The molecular formula is C21H22N8OS. The Labute approximate surface area is 183 Å². The highest BCUT2D eigenvalue weighted by atomic mass is 32.1. The van der Waals surface area contributed by atoms with Crippen LogP contribution in [0.2, 0.25) is 0 Å². The maximum Gasteiger partial charge on any atom is 0.266 e. The van der Waals surface area contributed by atoms with Crippen molar-refractivity contribution in [3.63, 3.8) is 0 Å². The van der Waals surface area contributed by atoms with Gasteiger partial charge in [-0.15, -0.1) is 10.2 Å². The van der Waals surface area contributed by atoms with Crippen molar-refractivity contribution >= 4 is 23.1 Å². The molecule has 0 spiro atoms. The molecule has 4 aromatic heterocycles. The minimum absolute atomic E-state index is 0.0464. The number of piperazine rings is 1. The molecule has 0 aromatic carbocycles. The Morgan fingerprint density at radius 2 is 1.68 bits per heavy atom. The summed E-state index contributed by atoms with van der Waals surface area (Å²) in [6, 6.07) is 7.81. The molecule has 1 saturated heterocycles. The van der Waals surface area contributed by atoms with E-state index in [0.29, 0.717) is 31.1 Å². The zero-order valence-corrected chi connectivity index (χ0v) is 18.2. The average Bonchev–Trinajstić information content (AvgIpc) is 3.55. The summed E-state index contributed by atoms with van der Waals surface area (Å²) in [7, 11) is 0. The van der Waals surface area contributed by atoms with Crippen LogP contribution >= 0.6 is 11.3 Å². The fourth-order valence-corrected chi connectivity index (χ4v) is 4.67. The predicted octanol–water partition coefficient (Wildman–Crippen LogP) is 2.49. The first-order valence-electron chi connectivity index (χ1n) is 10.1. The Balaban J connectivity index is 1.24. The largest absolute Gasteiger partial charge is 0.352 e. The Kier molecular flexibility index (Phi) is 4.99. The molecule has 158 valence electrons. The molecule has 10 heteroatoms. The molecule has 0 bridgehead atoms. The Bertz CT molecular complexity index is 1190. The zero-order chi connectivity index (χ0) is 21.4. The summed E-state index contributed by atoms with van der Waals surface area (Å²) in [5.74, 6) is 2.47. The molecular weight excluding hydrogens is 412 g/mol. The molecule has 5 heterocycles. The molecule has 0 radical (unpaired) electrons. The standard InChI is InChI=1S/C21H22N8OS/c1-15-19(31-21(23-15)28-8-3-4-9-28)20(30)27-13-11-26(12-14-27)17-5-6-18(25-24-17)29-10-7-22-16(29)2/h3-10H,11-14H2,1-2H3. The predicted molar refractivity (Wildman–Crippen MR) is 118 cm³/mol. The number of hydrogen-bond acceptors (Lipinski definition) is 7. The van der Waals surface area contributed by atoms with Gasteiger partial charge in [0.05, 0.1) is 5.69 Å². The van der Waals surface area contributed by atoms with Gasteiger partial charge in [-0.25, -0.2) is 9.97 Å². The van der Waals surface area contributed by atoms with Gasteiger partial charge in [-0.2, -0.15) is 0 Å². The van der Waals surface area contributed by atoms with Gasteiger partial charge in [0.15, 0.2) is 16.8 Å². The van der Waals surface area contributed by atoms with E-state index in [4.69, 9.17) is 0 Å². The van der Waals surface area contributed by atoms with Crippen molar-refractivity contribution in [2.24, 2.45) is 0 Å². The van der Waals surface area contributed by atoms with Gasteiger partial charge < -0.3 is 14.4 Å². The number of nitrogens with zero attached hydrogens (tertiary/aromatic N) is 8. The topological polar surface area (TPSA) is 85.0 Å². The van der Waals surface area contributed by atoms with Crippen LogP contribution in [0.1, 0.15) is 21.2 Å². The third-order valence-electron chi connectivity index (χ3n) is 5.40. The lowest BCUT2D eigenvalue weighted by Crippen LogP contribution is -2.49. The smallest absolute Gasteiger partial charge is 0.266 e. The molecule has 9 nitrogen and oxygen atoms in total. The third-order valence-corrected chi connectivity index (χ3v) is 6.56. The van der Waals surface area contributed by atoms with Crippen molar-refractivity contribution in [1.82, 2.24) is 34.2 Å². The van der Waals surface area contributed by atoms with Crippen LogP contribution in [0.3, 0.4) is 0 Å². The first-order valence-corrected chi connectivity index (χ1v) is 10.9. The molecule has 5 rings (SSSR count). The summed E-state index contributed by atoms with van der Waals surface area (Å²) >= 11 is 1.43. The third kappa shape index (κ3) is 3.70. The van der Waals surface area contributed by atoms with E-state index in [1.165, 1.54) is 11.3 Å². The van der Waals surface area contributed by atoms with Gasteiger partial charge in [-0.1, -0.05) is 11.3 Å². The SMILES string of the molecule is Cc1nc(-n2cccc2)sc1C(=O)N1CCN(c2ccc(-n3ccnc3C)nn2)CC1. The minimum atomic E-state index is 0.0464. The van der Waals surface area contributed by atoms with Crippen LogP contribution in [0.25, 0.3) is 10.9 Å². The molecule has 1 amide bonds. The summed E-state index contributed by atoms with van der Waals surface area (Å²) in [6.07, 6.45) is 7.48. The van der Waals surface area contributed by atoms with Crippen LogP contribution < -0.4 is 4.90 Å². The molecule has 0 unspecified atom stereocenters. The van der Waals surface area contributed by atoms with Gasteiger partial charge >= 0.3 is 0 Å². The lowest BCUT2D eigenvalue weighted by Gasteiger charge is -2.35. The first kappa shape index (κ1) is 19.4. The molecule has 0 atom stereocenters. The molecule has 0 aliphatic carbocycles. The van der Waals surface area contributed by atoms with Crippen LogP contribution in [0.5, 0.6) is 0 Å². The molecule has 4 aromatic rings. The summed E-state index contributed by atoms with van der Waals surface area (Å²) in [5.41, 5.74) is 0.775. The second-order valence-electron chi connectivity index (χ2n) is 7.37. The van der Waals surface area contributed by atoms with E-state index in [1.807, 2.05) is 70.7 Å². The number of amides is 1. The van der Waals surface area contributed by atoms with Gasteiger partial charge in [0.25, 0.3) is 5.91 Å². The van der Waals surface area contributed by atoms with Crippen molar-refractivity contribution < 1.29 is 4.79 Å². The fourth-order valence-electron chi connectivity index (χ4n) is 3.67. The number of aryl methyl sites for hydroxylation is 2. The molecule has 1 fully saturated rings. The lowest BCUT2D eigenvalue weighted by atomic mass is 10.2. The molecule has 1 aliphatic rings. The molecule has 0 N–H and O–H groups in total. The van der Waals surface area contributed by atoms with Crippen LogP contribution in [-0.4, -0.2) is 66.3 Å². The van der Waals surface area contributed by atoms with E-state index >= 15 is 0 Å². The maximum absolute atomic E-state index is 13.1. The highest BCUT2D eigenvalue weighted by Crippen LogP contribution is 2.24. The second kappa shape index (κ2) is 7.95. The van der Waals surface area contributed by atoms with Gasteiger partial charge in [-0.05, 0) is 38.1 Å². The number of thiazole rings is 1. The van der Waals surface area contributed by atoms with Crippen LogP contribution in [-0.2, 0) is 0 Å². The highest BCUT2D eigenvalue weighted by molar-refractivity contribution is 7.16. The van der Waals surface area contributed by atoms with Crippen LogP contribution in [0.15, 0.2) is 49.1 Å². The molecule has 0 saturated carbocycles. The molecule has 31 heavy (non-hydrogen) atoms. The fraction of sp³-hybridized carbons (Fsp3) is 0.286. The van der Waals surface area contributed by atoms with Crippen molar-refractivity contribution in [3.8, 4) is 10.9 Å². The average molecular weight is 435 g/mol. The van der Waals surface area contributed by atoms with E-state index in [9.17, 15) is 4.79 Å². The first-order chi connectivity index (χ1) is 15.1. The van der Waals surface area contributed by atoms with Crippen molar-refractivity contribution in [2.45, 2.75) is 13.8 Å². The lowest BCUT2D eigenvalue weighted by molar-refractivity contribution is 0.0750. The van der Waals surface area contributed by atoms with E-state index in [-0.39, 0.29) is 5.91 Å². The van der Waals surface area contributed by atoms with Crippen molar-refractivity contribution in [3.05, 3.63) is 65.4 Å². The number of rotatable bonds is 4. The number of carbonyl (C=O) groups is 1. The quantitative estimate of drug-likeness (QED) is 0.491. The zero-order valence-electron chi connectivity index (χ0n) is 17.3. The van der Waals surface area contributed by atoms with E-state index in [2.05, 4.69) is 25.1 Å². The minimum Gasteiger partial charge on any atom is -0.352 e. The summed E-state index contributed by atoms with van der Waals surface area (Å²) < 4.78 is 3.83. The van der Waals surface area contributed by atoms with Crippen molar-refractivity contribution in [2.75, 3.05) is 31.1 Å². The summed E-state index contributed by atoms with van der Waals surface area (Å²) in [6.45, 7) is 6.53. The van der Waals surface area contributed by atoms with Gasteiger partial charge in [0.2, 0.25) is 0 Å². The Morgan fingerprint density at radius 3 is 2.32 bits per heavy atom. The van der Waals surface area contributed by atoms with Crippen LogP contribution in [0.4, 0.5) is 5.82 Å². The summed E-state index contributed by atoms with van der Waals surface area (Å²) in [4.78, 5) is 26.6. The second-order valence-corrected chi connectivity index (χ2v) is 8.35. The highest BCUT2D eigenvalue weighted by Gasteiger charge is 2.26. The molecule has 1 aliphatic heterocycles. The van der Waals surface area contributed by atoms with Gasteiger partial charge in [-0.3, -0.25) is 9.36 Å². The van der Waals surface area contributed by atoms with Gasteiger partial charge in [0.1, 0.15) is 10.7 Å². The number of aromatic nitrogens is 6. The Morgan fingerprint density at radius 1 is 0.968 bits per heavy atom. The maximum atomic E-state index is 13.1. The Hall–Kier alpha value is -3.53. The monoisotopic (exact) mass is 434 g/mol. The van der Waals surface area contributed by atoms with E-state index < -0.39 is 0 Å². The van der Waals surface area contributed by atoms with Crippen LogP contribution in [0, 0.1) is 13.8 Å². The number of carbonyl (C=O) groups excluding carboxylic acids is 1. The summed E-state index contributed by atoms with van der Waals surface area (Å²) in [5, 5.41) is 9.54. The number of hydrogen-bond donors (Lipinski definition) is 0. The van der Waals surface area contributed by atoms with Crippen molar-refractivity contribution in [1.29, 1.82) is 0 Å².